The van der Waals surface area contributed by atoms with Crippen LogP contribution in [0.5, 0.6) is 0 Å². The standard InChI is InChI=1S/C21H20ClNO2S/c1-4-11-23-20(24)18(15-6-5-13(2)14(3)12-15)19(21(23)25)26-17-9-7-16(22)8-10-17/h5-10,12H,4,11H2,1-3H3. The molecule has 0 atom stereocenters. The van der Waals surface area contributed by atoms with E-state index in [0.717, 1.165) is 28.0 Å². The molecule has 0 aromatic heterocycles. The van der Waals surface area contributed by atoms with Gasteiger partial charge in [-0.25, -0.2) is 0 Å². The molecule has 0 spiro atoms. The normalized spacial score (nSPS) is 14.5. The van der Waals surface area contributed by atoms with Gasteiger partial charge in [0.05, 0.1) is 10.5 Å². The van der Waals surface area contributed by atoms with Crippen LogP contribution in [0.3, 0.4) is 0 Å². The summed E-state index contributed by atoms with van der Waals surface area (Å²) in [5.74, 6) is -0.429. The van der Waals surface area contributed by atoms with Gasteiger partial charge in [-0.05, 0) is 61.2 Å². The van der Waals surface area contributed by atoms with Crippen LogP contribution in [0.15, 0.2) is 52.3 Å². The lowest BCUT2D eigenvalue weighted by atomic mass is 10.0. The molecule has 1 heterocycles. The van der Waals surface area contributed by atoms with Gasteiger partial charge in [0.2, 0.25) is 0 Å². The first-order valence-corrected chi connectivity index (χ1v) is 9.73. The van der Waals surface area contributed by atoms with Gasteiger partial charge >= 0.3 is 0 Å². The second kappa shape index (κ2) is 7.68. The topological polar surface area (TPSA) is 37.4 Å². The number of amides is 2. The van der Waals surface area contributed by atoms with Gasteiger partial charge in [0.25, 0.3) is 11.8 Å². The van der Waals surface area contributed by atoms with E-state index in [1.54, 1.807) is 12.1 Å². The van der Waals surface area contributed by atoms with Crippen molar-refractivity contribution >= 4 is 40.8 Å². The SMILES string of the molecule is CCCN1C(=O)C(Sc2ccc(Cl)cc2)=C(c2ccc(C)c(C)c2)C1=O. The van der Waals surface area contributed by atoms with E-state index >= 15 is 0 Å². The highest BCUT2D eigenvalue weighted by molar-refractivity contribution is 8.04. The van der Waals surface area contributed by atoms with Crippen molar-refractivity contribution in [2.75, 3.05) is 6.54 Å². The lowest BCUT2D eigenvalue weighted by Gasteiger charge is -2.13. The molecule has 134 valence electrons. The van der Waals surface area contributed by atoms with E-state index < -0.39 is 0 Å². The van der Waals surface area contributed by atoms with Crippen LogP contribution in [0.25, 0.3) is 5.57 Å². The number of rotatable bonds is 5. The molecule has 0 aliphatic carbocycles. The number of imide groups is 1. The second-order valence-electron chi connectivity index (χ2n) is 6.32. The summed E-state index contributed by atoms with van der Waals surface area (Å²) >= 11 is 7.27. The number of hydrogen-bond acceptors (Lipinski definition) is 3. The largest absolute Gasteiger partial charge is 0.274 e. The smallest absolute Gasteiger partial charge is 0.268 e. The summed E-state index contributed by atoms with van der Waals surface area (Å²) in [7, 11) is 0. The fourth-order valence-electron chi connectivity index (χ4n) is 2.85. The lowest BCUT2D eigenvalue weighted by molar-refractivity contribution is -0.136. The number of thioether (sulfide) groups is 1. The molecule has 2 amide bonds. The van der Waals surface area contributed by atoms with Gasteiger partial charge in [-0.15, -0.1) is 0 Å². The summed E-state index contributed by atoms with van der Waals surface area (Å²) < 4.78 is 0. The Kier molecular flexibility index (Phi) is 5.54. The Balaban J connectivity index is 2.08. The number of carbonyl (C=O) groups is 2. The lowest BCUT2D eigenvalue weighted by Crippen LogP contribution is -2.32. The molecular weight excluding hydrogens is 366 g/mol. The molecule has 0 unspecified atom stereocenters. The first-order valence-electron chi connectivity index (χ1n) is 8.54. The molecule has 3 nitrogen and oxygen atoms in total. The molecular formula is C21H20ClNO2S. The van der Waals surface area contributed by atoms with Crippen molar-refractivity contribution in [2.24, 2.45) is 0 Å². The van der Waals surface area contributed by atoms with Crippen molar-refractivity contribution in [1.29, 1.82) is 0 Å². The molecule has 1 aliphatic heterocycles. The van der Waals surface area contributed by atoms with E-state index in [0.29, 0.717) is 22.0 Å². The molecule has 0 N–H and O–H groups in total. The Hall–Kier alpha value is -2.04. The monoisotopic (exact) mass is 385 g/mol. The summed E-state index contributed by atoms with van der Waals surface area (Å²) in [5.41, 5.74) is 3.54. The third kappa shape index (κ3) is 3.57. The molecule has 0 radical (unpaired) electrons. The zero-order valence-electron chi connectivity index (χ0n) is 15.0. The van der Waals surface area contributed by atoms with E-state index in [9.17, 15) is 9.59 Å². The summed E-state index contributed by atoms with van der Waals surface area (Å²) in [6.45, 7) is 6.43. The van der Waals surface area contributed by atoms with Crippen LogP contribution in [0, 0.1) is 13.8 Å². The van der Waals surface area contributed by atoms with Crippen LogP contribution < -0.4 is 0 Å². The van der Waals surface area contributed by atoms with E-state index in [4.69, 9.17) is 11.6 Å². The van der Waals surface area contributed by atoms with Crippen molar-refractivity contribution < 1.29 is 9.59 Å². The number of carbonyl (C=O) groups excluding carboxylic acids is 2. The van der Waals surface area contributed by atoms with E-state index in [-0.39, 0.29) is 11.8 Å². The molecule has 5 heteroatoms. The highest BCUT2D eigenvalue weighted by Gasteiger charge is 2.38. The summed E-state index contributed by atoms with van der Waals surface area (Å²) in [6, 6.07) is 13.2. The molecule has 26 heavy (non-hydrogen) atoms. The van der Waals surface area contributed by atoms with Gasteiger partial charge < -0.3 is 0 Å². The van der Waals surface area contributed by atoms with E-state index in [1.807, 2.05) is 51.1 Å². The first-order chi connectivity index (χ1) is 12.4. The Bertz CT molecular complexity index is 903. The Labute approximate surface area is 163 Å². The van der Waals surface area contributed by atoms with Gasteiger partial charge in [0, 0.05) is 16.5 Å². The average molecular weight is 386 g/mol. The molecule has 0 bridgehead atoms. The zero-order valence-corrected chi connectivity index (χ0v) is 16.6. The highest BCUT2D eigenvalue weighted by atomic mass is 35.5. The minimum absolute atomic E-state index is 0.212. The van der Waals surface area contributed by atoms with Crippen LogP contribution in [0.1, 0.15) is 30.0 Å². The van der Waals surface area contributed by atoms with Crippen molar-refractivity contribution in [3.63, 3.8) is 0 Å². The third-order valence-corrected chi connectivity index (χ3v) is 5.74. The Morgan fingerprint density at radius 2 is 1.65 bits per heavy atom. The van der Waals surface area contributed by atoms with Crippen molar-refractivity contribution in [3.8, 4) is 0 Å². The Morgan fingerprint density at radius 3 is 2.27 bits per heavy atom. The second-order valence-corrected chi connectivity index (χ2v) is 7.84. The number of halogens is 1. The minimum atomic E-state index is -0.218. The molecule has 0 saturated carbocycles. The van der Waals surface area contributed by atoms with Crippen molar-refractivity contribution in [1.82, 2.24) is 4.90 Å². The fourth-order valence-corrected chi connectivity index (χ4v) is 3.99. The van der Waals surface area contributed by atoms with Gasteiger partial charge in [0.1, 0.15) is 0 Å². The third-order valence-electron chi connectivity index (χ3n) is 4.40. The molecule has 0 fully saturated rings. The van der Waals surface area contributed by atoms with Crippen LogP contribution in [-0.4, -0.2) is 23.3 Å². The van der Waals surface area contributed by atoms with Gasteiger partial charge in [-0.1, -0.05) is 48.5 Å². The highest BCUT2D eigenvalue weighted by Crippen LogP contribution is 2.40. The molecule has 2 aromatic rings. The van der Waals surface area contributed by atoms with Gasteiger partial charge in [-0.2, -0.15) is 0 Å². The van der Waals surface area contributed by atoms with Crippen LogP contribution >= 0.6 is 23.4 Å². The number of aryl methyl sites for hydroxylation is 2. The summed E-state index contributed by atoms with van der Waals surface area (Å²) in [4.78, 5) is 28.6. The molecule has 0 saturated heterocycles. The number of hydrogen-bond donors (Lipinski definition) is 0. The number of nitrogens with zero attached hydrogens (tertiary/aromatic N) is 1. The Morgan fingerprint density at radius 1 is 0.962 bits per heavy atom. The van der Waals surface area contributed by atoms with Crippen molar-refractivity contribution in [3.05, 3.63) is 69.1 Å². The molecule has 1 aliphatic rings. The minimum Gasteiger partial charge on any atom is -0.274 e. The van der Waals surface area contributed by atoms with E-state index in [2.05, 4.69) is 0 Å². The van der Waals surface area contributed by atoms with Crippen molar-refractivity contribution in [2.45, 2.75) is 32.1 Å². The predicted molar refractivity (Wildman–Crippen MR) is 107 cm³/mol. The maximum Gasteiger partial charge on any atom is 0.268 e. The molecule has 2 aromatic carbocycles. The summed E-state index contributed by atoms with van der Waals surface area (Å²) in [5, 5.41) is 0.638. The summed E-state index contributed by atoms with van der Waals surface area (Å²) in [6.07, 6.45) is 0.733. The van der Waals surface area contributed by atoms with Gasteiger partial charge in [-0.3, -0.25) is 14.5 Å². The van der Waals surface area contributed by atoms with Crippen LogP contribution in [0.4, 0.5) is 0 Å². The zero-order chi connectivity index (χ0) is 18.8. The first kappa shape index (κ1) is 18.7. The maximum atomic E-state index is 13.0. The average Bonchev–Trinajstić information content (AvgIpc) is 2.84. The van der Waals surface area contributed by atoms with Crippen LogP contribution in [0.2, 0.25) is 5.02 Å². The predicted octanol–water partition coefficient (Wildman–Crippen LogP) is 5.24. The molecule has 3 rings (SSSR count). The fraction of sp³-hybridized carbons (Fsp3) is 0.238. The quantitative estimate of drug-likeness (QED) is 0.660. The van der Waals surface area contributed by atoms with Gasteiger partial charge in [0.15, 0.2) is 0 Å². The number of benzene rings is 2. The van der Waals surface area contributed by atoms with E-state index in [1.165, 1.54) is 16.7 Å². The van der Waals surface area contributed by atoms with Crippen LogP contribution in [-0.2, 0) is 9.59 Å². The maximum absolute atomic E-state index is 13.0.